The zero-order valence-corrected chi connectivity index (χ0v) is 12.7. The molecule has 0 aliphatic rings. The number of nitrogens with one attached hydrogen (secondary N) is 1. The number of carbonyl (C=O) groups is 1. The molecule has 3 aromatic heterocycles. The standard InChI is InChI=1S/C17H16N4O2/c1-12(22)8-14-9-13(4-6-18-14)11-23-15-2-3-16(19-10-15)17-5-7-20-21-17/h2-7,9-10H,8,11H2,1H3,(H,20,21). The lowest BCUT2D eigenvalue weighted by Crippen LogP contribution is -2.02. The summed E-state index contributed by atoms with van der Waals surface area (Å²) in [4.78, 5) is 19.7. The quantitative estimate of drug-likeness (QED) is 0.757. The van der Waals surface area contributed by atoms with Gasteiger partial charge < -0.3 is 4.74 Å². The maximum atomic E-state index is 11.1. The van der Waals surface area contributed by atoms with E-state index in [1.807, 2.05) is 30.3 Å². The zero-order valence-electron chi connectivity index (χ0n) is 12.7. The van der Waals surface area contributed by atoms with Gasteiger partial charge in [0, 0.05) is 24.5 Å². The van der Waals surface area contributed by atoms with Gasteiger partial charge in [0.1, 0.15) is 18.1 Å². The number of aromatic amines is 1. The first kappa shape index (κ1) is 14.9. The molecule has 23 heavy (non-hydrogen) atoms. The van der Waals surface area contributed by atoms with E-state index in [0.717, 1.165) is 22.6 Å². The Morgan fingerprint density at radius 1 is 1.17 bits per heavy atom. The minimum Gasteiger partial charge on any atom is -0.487 e. The Labute approximate surface area is 133 Å². The molecule has 0 radical (unpaired) electrons. The molecule has 116 valence electrons. The molecule has 0 fully saturated rings. The highest BCUT2D eigenvalue weighted by molar-refractivity contribution is 5.77. The number of carbonyl (C=O) groups excluding carboxylic acids is 1. The molecular formula is C17H16N4O2. The Morgan fingerprint density at radius 3 is 2.78 bits per heavy atom. The normalized spacial score (nSPS) is 10.5. The van der Waals surface area contributed by atoms with Crippen molar-refractivity contribution in [2.24, 2.45) is 0 Å². The van der Waals surface area contributed by atoms with Crippen molar-refractivity contribution < 1.29 is 9.53 Å². The summed E-state index contributed by atoms with van der Waals surface area (Å²) in [5.74, 6) is 0.771. The largest absolute Gasteiger partial charge is 0.487 e. The fraction of sp³-hybridized carbons (Fsp3) is 0.176. The fourth-order valence-corrected chi connectivity index (χ4v) is 2.16. The van der Waals surface area contributed by atoms with E-state index in [4.69, 9.17) is 4.74 Å². The van der Waals surface area contributed by atoms with Gasteiger partial charge in [0.15, 0.2) is 0 Å². The van der Waals surface area contributed by atoms with Crippen LogP contribution in [0.3, 0.4) is 0 Å². The predicted octanol–water partition coefficient (Wildman–Crippen LogP) is 2.58. The lowest BCUT2D eigenvalue weighted by molar-refractivity contribution is -0.116. The molecule has 0 aliphatic carbocycles. The lowest BCUT2D eigenvalue weighted by Gasteiger charge is -2.07. The second-order valence-corrected chi connectivity index (χ2v) is 5.17. The molecule has 6 heteroatoms. The first-order valence-corrected chi connectivity index (χ1v) is 7.22. The first-order valence-electron chi connectivity index (χ1n) is 7.22. The number of ether oxygens (including phenoxy) is 1. The number of rotatable bonds is 6. The van der Waals surface area contributed by atoms with Crippen molar-refractivity contribution in [3.05, 3.63) is 60.2 Å². The van der Waals surface area contributed by atoms with Gasteiger partial charge in [-0.15, -0.1) is 0 Å². The summed E-state index contributed by atoms with van der Waals surface area (Å²) in [6.45, 7) is 1.95. The second-order valence-electron chi connectivity index (χ2n) is 5.17. The van der Waals surface area contributed by atoms with Crippen molar-refractivity contribution in [1.82, 2.24) is 20.2 Å². The van der Waals surface area contributed by atoms with Crippen molar-refractivity contribution >= 4 is 5.78 Å². The van der Waals surface area contributed by atoms with Crippen LogP contribution in [0.25, 0.3) is 11.4 Å². The molecule has 0 saturated heterocycles. The molecule has 3 aromatic rings. The number of hydrogen-bond acceptors (Lipinski definition) is 5. The summed E-state index contributed by atoms with van der Waals surface area (Å²) in [7, 11) is 0. The van der Waals surface area contributed by atoms with Gasteiger partial charge in [0.2, 0.25) is 0 Å². The number of Topliss-reactive ketones (excluding diaryl/α,β-unsaturated/α-hetero) is 1. The van der Waals surface area contributed by atoms with Gasteiger partial charge in [-0.2, -0.15) is 5.10 Å². The maximum absolute atomic E-state index is 11.1. The fourth-order valence-electron chi connectivity index (χ4n) is 2.16. The Balaban J connectivity index is 1.63. The topological polar surface area (TPSA) is 80.8 Å². The number of hydrogen-bond donors (Lipinski definition) is 1. The van der Waals surface area contributed by atoms with Gasteiger partial charge in [0.25, 0.3) is 0 Å². The van der Waals surface area contributed by atoms with Crippen LogP contribution in [0.15, 0.2) is 48.9 Å². The number of aromatic nitrogens is 4. The Bertz CT molecular complexity index is 783. The predicted molar refractivity (Wildman–Crippen MR) is 84.8 cm³/mol. The summed E-state index contributed by atoms with van der Waals surface area (Å²) >= 11 is 0. The summed E-state index contributed by atoms with van der Waals surface area (Å²) < 4.78 is 5.72. The summed E-state index contributed by atoms with van der Waals surface area (Å²) in [6, 6.07) is 9.34. The van der Waals surface area contributed by atoms with Crippen LogP contribution in [-0.2, 0) is 17.8 Å². The Hall–Kier alpha value is -3.02. The van der Waals surface area contributed by atoms with Gasteiger partial charge >= 0.3 is 0 Å². The molecule has 3 rings (SSSR count). The molecule has 0 saturated carbocycles. The zero-order chi connectivity index (χ0) is 16.1. The summed E-state index contributed by atoms with van der Waals surface area (Å²) in [6.07, 6.45) is 5.39. The van der Waals surface area contributed by atoms with Crippen LogP contribution in [0.1, 0.15) is 18.2 Å². The van der Waals surface area contributed by atoms with E-state index in [1.54, 1.807) is 25.5 Å². The van der Waals surface area contributed by atoms with Crippen LogP contribution in [-0.4, -0.2) is 25.9 Å². The van der Waals surface area contributed by atoms with Crippen LogP contribution >= 0.6 is 0 Å². The molecule has 0 bridgehead atoms. The average molecular weight is 308 g/mol. The van der Waals surface area contributed by atoms with Crippen molar-refractivity contribution in [2.75, 3.05) is 0 Å². The Kier molecular flexibility index (Phi) is 4.42. The van der Waals surface area contributed by atoms with Gasteiger partial charge in [0.05, 0.1) is 17.6 Å². The molecular weight excluding hydrogens is 292 g/mol. The van der Waals surface area contributed by atoms with Crippen molar-refractivity contribution in [3.63, 3.8) is 0 Å². The van der Waals surface area contributed by atoms with Crippen molar-refractivity contribution in [3.8, 4) is 17.1 Å². The molecule has 0 aromatic carbocycles. The highest BCUT2D eigenvalue weighted by atomic mass is 16.5. The summed E-state index contributed by atoms with van der Waals surface area (Å²) in [5, 5.41) is 6.76. The van der Waals surface area contributed by atoms with E-state index in [-0.39, 0.29) is 5.78 Å². The van der Waals surface area contributed by atoms with Gasteiger partial charge in [-0.05, 0) is 42.8 Å². The van der Waals surface area contributed by atoms with E-state index < -0.39 is 0 Å². The van der Waals surface area contributed by atoms with E-state index in [9.17, 15) is 4.79 Å². The third-order valence-corrected chi connectivity index (χ3v) is 3.23. The number of ketones is 1. The highest BCUT2D eigenvalue weighted by Gasteiger charge is 2.04. The van der Waals surface area contributed by atoms with E-state index >= 15 is 0 Å². The van der Waals surface area contributed by atoms with E-state index in [2.05, 4.69) is 20.2 Å². The van der Waals surface area contributed by atoms with Crippen LogP contribution < -0.4 is 4.74 Å². The third kappa shape index (κ3) is 4.00. The minimum atomic E-state index is 0.0918. The van der Waals surface area contributed by atoms with Gasteiger partial charge in [-0.3, -0.25) is 19.9 Å². The van der Waals surface area contributed by atoms with Crippen molar-refractivity contribution in [2.45, 2.75) is 20.0 Å². The number of pyridine rings is 2. The number of H-pyrrole nitrogens is 1. The lowest BCUT2D eigenvalue weighted by atomic mass is 10.1. The van der Waals surface area contributed by atoms with Gasteiger partial charge in [-0.1, -0.05) is 0 Å². The molecule has 3 heterocycles. The number of nitrogens with zero attached hydrogens (tertiary/aromatic N) is 3. The third-order valence-electron chi connectivity index (χ3n) is 3.23. The van der Waals surface area contributed by atoms with E-state index in [1.165, 1.54) is 0 Å². The highest BCUT2D eigenvalue weighted by Crippen LogP contribution is 2.18. The van der Waals surface area contributed by atoms with Crippen LogP contribution in [0.2, 0.25) is 0 Å². The minimum absolute atomic E-state index is 0.0918. The molecule has 1 N–H and O–H groups in total. The molecule has 0 aliphatic heterocycles. The monoisotopic (exact) mass is 308 g/mol. The Morgan fingerprint density at radius 2 is 2.09 bits per heavy atom. The molecule has 0 unspecified atom stereocenters. The second kappa shape index (κ2) is 6.83. The van der Waals surface area contributed by atoms with Gasteiger partial charge in [-0.25, -0.2) is 0 Å². The molecule has 0 spiro atoms. The first-order chi connectivity index (χ1) is 11.2. The SMILES string of the molecule is CC(=O)Cc1cc(COc2ccc(-c3ccn[nH]3)nc2)ccn1. The van der Waals surface area contributed by atoms with Crippen LogP contribution in [0.5, 0.6) is 5.75 Å². The van der Waals surface area contributed by atoms with Crippen molar-refractivity contribution in [1.29, 1.82) is 0 Å². The van der Waals surface area contributed by atoms with Crippen LogP contribution in [0, 0.1) is 0 Å². The molecule has 0 amide bonds. The molecule has 6 nitrogen and oxygen atoms in total. The maximum Gasteiger partial charge on any atom is 0.138 e. The smallest absolute Gasteiger partial charge is 0.138 e. The summed E-state index contributed by atoms with van der Waals surface area (Å²) in [5.41, 5.74) is 3.39. The van der Waals surface area contributed by atoms with Crippen LogP contribution in [0.4, 0.5) is 0 Å². The average Bonchev–Trinajstić information content (AvgIpc) is 3.08. The molecule has 0 atom stereocenters. The van der Waals surface area contributed by atoms with E-state index in [0.29, 0.717) is 18.8 Å².